The summed E-state index contributed by atoms with van der Waals surface area (Å²) in [6.07, 6.45) is 8.91. The molecule has 2 N–H and O–H groups in total. The molecule has 2 aliphatic rings. The summed E-state index contributed by atoms with van der Waals surface area (Å²) in [5.41, 5.74) is 11.2. The van der Waals surface area contributed by atoms with Crippen molar-refractivity contribution in [1.82, 2.24) is 24.3 Å². The lowest BCUT2D eigenvalue weighted by Crippen LogP contribution is -2.34. The highest BCUT2D eigenvalue weighted by molar-refractivity contribution is 5.80. The van der Waals surface area contributed by atoms with Gasteiger partial charge in [0.1, 0.15) is 11.5 Å². The second-order valence-corrected chi connectivity index (χ2v) is 9.32. The molecular formula is C26H27FN6. The Labute approximate surface area is 192 Å². The largest absolute Gasteiger partial charge is 0.368 e. The number of imidazole rings is 1. The molecular weight excluding hydrogens is 415 g/mol. The fourth-order valence-corrected chi connectivity index (χ4v) is 4.99. The summed E-state index contributed by atoms with van der Waals surface area (Å²) in [4.78, 5) is 16.1. The van der Waals surface area contributed by atoms with Gasteiger partial charge in [-0.2, -0.15) is 0 Å². The van der Waals surface area contributed by atoms with Crippen molar-refractivity contribution in [2.24, 2.45) is 5.92 Å². The predicted octanol–water partition coefficient (Wildman–Crippen LogP) is 4.77. The molecule has 1 aromatic carbocycles. The maximum atomic E-state index is 13.6. The van der Waals surface area contributed by atoms with Crippen molar-refractivity contribution in [3.8, 4) is 22.6 Å². The predicted molar refractivity (Wildman–Crippen MR) is 127 cm³/mol. The standard InChI is InChI=1S/C26H27FN6/c27-21-5-3-19(4-6-21)24-25(22-7-11-29-26(28)30-22)33-14-10-20(15-23(33)31-24)18-8-12-32(13-9-18)16-17-1-2-17/h3-7,10-11,14-15,17-18H,1-2,8-9,12-13,16H2,(H2,28,29,30). The Morgan fingerprint density at radius 1 is 0.970 bits per heavy atom. The van der Waals surface area contributed by atoms with Gasteiger partial charge in [-0.25, -0.2) is 19.3 Å². The minimum Gasteiger partial charge on any atom is -0.368 e. The van der Waals surface area contributed by atoms with E-state index in [2.05, 4.69) is 33.2 Å². The molecule has 6 nitrogen and oxygen atoms in total. The van der Waals surface area contributed by atoms with E-state index in [4.69, 9.17) is 10.7 Å². The number of hydrogen-bond acceptors (Lipinski definition) is 5. The summed E-state index contributed by atoms with van der Waals surface area (Å²) in [5.74, 6) is 1.43. The number of hydrogen-bond donors (Lipinski definition) is 1. The Morgan fingerprint density at radius 2 is 1.76 bits per heavy atom. The minimum atomic E-state index is -0.273. The quantitative estimate of drug-likeness (QED) is 0.482. The number of piperidine rings is 1. The molecule has 6 rings (SSSR count). The molecule has 1 aliphatic carbocycles. The molecule has 1 aliphatic heterocycles. The Kier molecular flexibility index (Phi) is 5.06. The normalized spacial score (nSPS) is 17.6. The first kappa shape index (κ1) is 20.3. The van der Waals surface area contributed by atoms with Crippen LogP contribution in [0.4, 0.5) is 10.3 Å². The summed E-state index contributed by atoms with van der Waals surface area (Å²) in [6.45, 7) is 3.62. The van der Waals surface area contributed by atoms with E-state index < -0.39 is 0 Å². The van der Waals surface area contributed by atoms with Crippen LogP contribution in [0.25, 0.3) is 28.3 Å². The number of anilines is 1. The van der Waals surface area contributed by atoms with Crippen LogP contribution < -0.4 is 5.73 Å². The third-order valence-electron chi connectivity index (χ3n) is 6.96. The molecule has 0 radical (unpaired) electrons. The van der Waals surface area contributed by atoms with Crippen LogP contribution in [-0.2, 0) is 0 Å². The maximum absolute atomic E-state index is 13.6. The van der Waals surface area contributed by atoms with Crippen LogP contribution in [0, 0.1) is 11.7 Å². The molecule has 3 aromatic heterocycles. The zero-order valence-electron chi connectivity index (χ0n) is 18.5. The van der Waals surface area contributed by atoms with Gasteiger partial charge in [-0.05, 0) is 98.6 Å². The average molecular weight is 443 g/mol. The summed E-state index contributed by atoms with van der Waals surface area (Å²) in [5, 5.41) is 0. The number of likely N-dealkylation sites (tertiary alicyclic amines) is 1. The van der Waals surface area contributed by atoms with E-state index >= 15 is 0 Å². The lowest BCUT2D eigenvalue weighted by Gasteiger charge is -2.32. The van der Waals surface area contributed by atoms with Gasteiger partial charge >= 0.3 is 0 Å². The van der Waals surface area contributed by atoms with Crippen molar-refractivity contribution in [3.05, 3.63) is 66.2 Å². The first-order valence-electron chi connectivity index (χ1n) is 11.7. The summed E-state index contributed by atoms with van der Waals surface area (Å²) >= 11 is 0. The van der Waals surface area contributed by atoms with Gasteiger partial charge in [-0.3, -0.25) is 4.40 Å². The highest BCUT2D eigenvalue weighted by Crippen LogP contribution is 2.36. The van der Waals surface area contributed by atoms with Crippen molar-refractivity contribution in [2.75, 3.05) is 25.4 Å². The van der Waals surface area contributed by atoms with Gasteiger partial charge < -0.3 is 10.6 Å². The lowest BCUT2D eigenvalue weighted by molar-refractivity contribution is 0.204. The number of halogens is 1. The number of pyridine rings is 1. The van der Waals surface area contributed by atoms with Crippen molar-refractivity contribution in [3.63, 3.8) is 0 Å². The third kappa shape index (κ3) is 4.09. The Morgan fingerprint density at radius 3 is 2.48 bits per heavy atom. The van der Waals surface area contributed by atoms with Gasteiger partial charge in [0.05, 0.1) is 17.1 Å². The number of aromatic nitrogens is 4. The van der Waals surface area contributed by atoms with Crippen molar-refractivity contribution < 1.29 is 4.39 Å². The van der Waals surface area contributed by atoms with Gasteiger partial charge in [0, 0.05) is 24.5 Å². The van der Waals surface area contributed by atoms with E-state index in [1.165, 1.54) is 63.0 Å². The molecule has 4 heterocycles. The lowest BCUT2D eigenvalue weighted by atomic mass is 9.90. The zero-order chi connectivity index (χ0) is 22.4. The van der Waals surface area contributed by atoms with E-state index in [1.54, 1.807) is 18.3 Å². The minimum absolute atomic E-state index is 0.210. The van der Waals surface area contributed by atoms with E-state index in [0.29, 0.717) is 11.6 Å². The Balaban J connectivity index is 1.38. The molecule has 168 valence electrons. The fraction of sp³-hybridized carbons (Fsp3) is 0.346. The smallest absolute Gasteiger partial charge is 0.220 e. The van der Waals surface area contributed by atoms with E-state index in [9.17, 15) is 4.39 Å². The number of nitrogens with two attached hydrogens (primary N) is 1. The van der Waals surface area contributed by atoms with E-state index in [-0.39, 0.29) is 11.8 Å². The van der Waals surface area contributed by atoms with Crippen molar-refractivity contribution in [1.29, 1.82) is 0 Å². The van der Waals surface area contributed by atoms with Crippen LogP contribution in [0.5, 0.6) is 0 Å². The zero-order valence-corrected chi connectivity index (χ0v) is 18.5. The molecule has 4 aromatic rings. The van der Waals surface area contributed by atoms with Crippen LogP contribution in [0.2, 0.25) is 0 Å². The number of benzene rings is 1. The topological polar surface area (TPSA) is 72.3 Å². The van der Waals surface area contributed by atoms with Crippen LogP contribution >= 0.6 is 0 Å². The summed E-state index contributed by atoms with van der Waals surface area (Å²) in [7, 11) is 0. The van der Waals surface area contributed by atoms with Gasteiger partial charge in [-0.15, -0.1) is 0 Å². The molecule has 0 amide bonds. The van der Waals surface area contributed by atoms with Gasteiger partial charge in [0.2, 0.25) is 5.95 Å². The second-order valence-electron chi connectivity index (χ2n) is 9.32. The van der Waals surface area contributed by atoms with Crippen LogP contribution in [0.3, 0.4) is 0 Å². The maximum Gasteiger partial charge on any atom is 0.220 e. The Hall–Kier alpha value is -3.32. The molecule has 0 unspecified atom stereocenters. The molecule has 7 heteroatoms. The van der Waals surface area contributed by atoms with Gasteiger partial charge in [0.25, 0.3) is 0 Å². The highest BCUT2D eigenvalue weighted by Gasteiger charge is 2.28. The van der Waals surface area contributed by atoms with Gasteiger partial charge in [0.15, 0.2) is 0 Å². The molecule has 1 saturated carbocycles. The highest BCUT2D eigenvalue weighted by atomic mass is 19.1. The summed E-state index contributed by atoms with van der Waals surface area (Å²) in [6, 6.07) is 12.6. The first-order chi connectivity index (χ1) is 16.1. The van der Waals surface area contributed by atoms with E-state index in [1.807, 2.05) is 10.5 Å². The average Bonchev–Trinajstić information content (AvgIpc) is 3.56. The number of rotatable bonds is 5. The monoisotopic (exact) mass is 442 g/mol. The van der Waals surface area contributed by atoms with Crippen LogP contribution in [-0.4, -0.2) is 43.9 Å². The third-order valence-corrected chi connectivity index (χ3v) is 6.96. The molecule has 1 saturated heterocycles. The molecule has 2 fully saturated rings. The first-order valence-corrected chi connectivity index (χ1v) is 11.7. The number of fused-ring (bicyclic) bond motifs is 1. The van der Waals surface area contributed by atoms with Crippen LogP contribution in [0.1, 0.15) is 37.2 Å². The molecule has 0 bridgehead atoms. The molecule has 0 spiro atoms. The Bertz CT molecular complexity index is 1290. The fourth-order valence-electron chi connectivity index (χ4n) is 4.99. The van der Waals surface area contributed by atoms with Crippen LogP contribution in [0.15, 0.2) is 54.9 Å². The number of nitrogens with zero attached hydrogens (tertiary/aromatic N) is 5. The molecule has 0 atom stereocenters. The number of nitrogen functional groups attached to an aromatic ring is 1. The van der Waals surface area contributed by atoms with E-state index in [0.717, 1.165) is 28.5 Å². The van der Waals surface area contributed by atoms with Gasteiger partial charge in [-0.1, -0.05) is 0 Å². The van der Waals surface area contributed by atoms with Crippen molar-refractivity contribution in [2.45, 2.75) is 31.6 Å². The SMILES string of the molecule is Nc1nccc(-c2c(-c3ccc(F)cc3)nc3cc(C4CCN(CC5CC5)CC4)ccn23)n1. The van der Waals surface area contributed by atoms with Crippen molar-refractivity contribution >= 4 is 11.6 Å². The molecule has 33 heavy (non-hydrogen) atoms. The summed E-state index contributed by atoms with van der Waals surface area (Å²) < 4.78 is 15.6. The second kappa shape index (κ2) is 8.23.